The van der Waals surface area contributed by atoms with E-state index < -0.39 is 0 Å². The van der Waals surface area contributed by atoms with Crippen molar-refractivity contribution in [1.82, 2.24) is 10.2 Å². The molecule has 0 aliphatic carbocycles. The van der Waals surface area contributed by atoms with Gasteiger partial charge in [0.2, 0.25) is 0 Å². The number of fused-ring (bicyclic) bond motifs is 1. The van der Waals surface area contributed by atoms with Crippen molar-refractivity contribution in [2.45, 2.75) is 26.4 Å². The third-order valence-corrected chi connectivity index (χ3v) is 4.44. The van der Waals surface area contributed by atoms with Crippen LogP contribution < -0.4 is 5.32 Å². The van der Waals surface area contributed by atoms with Crippen molar-refractivity contribution < 1.29 is 18.3 Å². The standard InChI is InChI=1S/C19H23FN2O3/c1-13-18(19(23)21-8-10-24-2)16-12-22(9-7-17(16)25-13)11-14-3-5-15(20)6-4-14/h3-6H,7-12H2,1-2H3,(H,21,23). The molecule has 0 spiro atoms. The van der Waals surface area contributed by atoms with Crippen molar-refractivity contribution in [3.05, 3.63) is 58.3 Å². The summed E-state index contributed by atoms with van der Waals surface area (Å²) < 4.78 is 23.8. The Hall–Kier alpha value is -2.18. The number of methoxy groups -OCH3 is 1. The summed E-state index contributed by atoms with van der Waals surface area (Å²) >= 11 is 0. The van der Waals surface area contributed by atoms with E-state index in [9.17, 15) is 9.18 Å². The number of amides is 1. The number of benzene rings is 1. The first kappa shape index (κ1) is 17.6. The van der Waals surface area contributed by atoms with Gasteiger partial charge in [0.25, 0.3) is 5.91 Å². The number of aryl methyl sites for hydroxylation is 1. The van der Waals surface area contributed by atoms with Gasteiger partial charge in [0.1, 0.15) is 17.3 Å². The van der Waals surface area contributed by atoms with E-state index >= 15 is 0 Å². The van der Waals surface area contributed by atoms with E-state index in [2.05, 4.69) is 10.2 Å². The third kappa shape index (κ3) is 4.08. The van der Waals surface area contributed by atoms with Crippen molar-refractivity contribution in [3.63, 3.8) is 0 Å². The lowest BCUT2D eigenvalue weighted by atomic mass is 10.0. The lowest BCUT2D eigenvalue weighted by molar-refractivity contribution is 0.0933. The first-order valence-electron chi connectivity index (χ1n) is 8.43. The zero-order chi connectivity index (χ0) is 17.8. The fourth-order valence-electron chi connectivity index (χ4n) is 3.22. The van der Waals surface area contributed by atoms with Gasteiger partial charge in [-0.1, -0.05) is 12.1 Å². The van der Waals surface area contributed by atoms with Crippen molar-refractivity contribution >= 4 is 5.91 Å². The van der Waals surface area contributed by atoms with Gasteiger partial charge in [-0.2, -0.15) is 0 Å². The number of hydrogen-bond acceptors (Lipinski definition) is 4. The van der Waals surface area contributed by atoms with Gasteiger partial charge in [-0.05, 0) is 24.6 Å². The van der Waals surface area contributed by atoms with Gasteiger partial charge in [-0.3, -0.25) is 9.69 Å². The van der Waals surface area contributed by atoms with Crippen LogP contribution in [-0.4, -0.2) is 37.6 Å². The van der Waals surface area contributed by atoms with E-state index in [-0.39, 0.29) is 11.7 Å². The molecule has 1 aliphatic rings. The summed E-state index contributed by atoms with van der Waals surface area (Å²) in [7, 11) is 1.60. The molecule has 1 amide bonds. The highest BCUT2D eigenvalue weighted by Crippen LogP contribution is 2.28. The van der Waals surface area contributed by atoms with Crippen LogP contribution >= 0.6 is 0 Å². The van der Waals surface area contributed by atoms with Crippen molar-refractivity contribution in [2.24, 2.45) is 0 Å². The smallest absolute Gasteiger partial charge is 0.255 e. The molecule has 3 rings (SSSR count). The average Bonchev–Trinajstić information content (AvgIpc) is 2.92. The molecule has 134 valence electrons. The molecule has 0 atom stereocenters. The van der Waals surface area contributed by atoms with Gasteiger partial charge >= 0.3 is 0 Å². The molecule has 1 aliphatic heterocycles. The number of rotatable bonds is 6. The van der Waals surface area contributed by atoms with E-state index in [1.165, 1.54) is 12.1 Å². The number of ether oxygens (including phenoxy) is 1. The Balaban J connectivity index is 1.73. The van der Waals surface area contributed by atoms with E-state index in [0.717, 1.165) is 29.9 Å². The second-order valence-electron chi connectivity index (χ2n) is 6.27. The monoisotopic (exact) mass is 346 g/mol. The zero-order valence-corrected chi connectivity index (χ0v) is 14.6. The Labute approximate surface area is 146 Å². The Kier molecular flexibility index (Phi) is 5.50. The SMILES string of the molecule is COCCNC(=O)c1c(C)oc2c1CN(Cc1ccc(F)cc1)CC2. The molecule has 1 N–H and O–H groups in total. The largest absolute Gasteiger partial charge is 0.465 e. The van der Waals surface area contributed by atoms with Crippen molar-refractivity contribution in [3.8, 4) is 0 Å². The fraction of sp³-hybridized carbons (Fsp3) is 0.421. The van der Waals surface area contributed by atoms with Gasteiger partial charge in [0.05, 0.1) is 12.2 Å². The predicted molar refractivity (Wildman–Crippen MR) is 91.9 cm³/mol. The normalized spacial score (nSPS) is 14.4. The Morgan fingerprint density at radius 3 is 2.84 bits per heavy atom. The van der Waals surface area contributed by atoms with Crippen LogP contribution in [0.1, 0.15) is 33.0 Å². The number of furan rings is 1. The second-order valence-corrected chi connectivity index (χ2v) is 6.27. The molecule has 0 fully saturated rings. The summed E-state index contributed by atoms with van der Waals surface area (Å²) in [5.74, 6) is 1.20. The summed E-state index contributed by atoms with van der Waals surface area (Å²) in [5.41, 5.74) is 2.65. The minimum absolute atomic E-state index is 0.122. The molecule has 25 heavy (non-hydrogen) atoms. The lowest BCUT2D eigenvalue weighted by Crippen LogP contribution is -2.32. The summed E-state index contributed by atoms with van der Waals surface area (Å²) in [6.07, 6.45) is 0.767. The topological polar surface area (TPSA) is 54.7 Å². The van der Waals surface area contributed by atoms with E-state index in [0.29, 0.717) is 37.6 Å². The van der Waals surface area contributed by atoms with Gasteiger partial charge < -0.3 is 14.5 Å². The molecule has 0 saturated carbocycles. The molecule has 1 aromatic heterocycles. The number of nitrogens with one attached hydrogen (secondary N) is 1. The zero-order valence-electron chi connectivity index (χ0n) is 14.6. The number of nitrogens with zero attached hydrogens (tertiary/aromatic N) is 1. The first-order chi connectivity index (χ1) is 12.1. The number of carbonyl (C=O) groups excluding carboxylic acids is 1. The minimum Gasteiger partial charge on any atom is -0.465 e. The van der Waals surface area contributed by atoms with Crippen LogP contribution in [0, 0.1) is 12.7 Å². The summed E-state index contributed by atoms with van der Waals surface area (Å²) in [5, 5.41) is 2.86. The predicted octanol–water partition coefficient (Wildman–Crippen LogP) is 2.66. The molecule has 0 bridgehead atoms. The van der Waals surface area contributed by atoms with Crippen LogP contribution in [0.25, 0.3) is 0 Å². The first-order valence-corrected chi connectivity index (χ1v) is 8.43. The maximum absolute atomic E-state index is 13.1. The molecule has 1 aromatic carbocycles. The quantitative estimate of drug-likeness (QED) is 0.817. The summed E-state index contributed by atoms with van der Waals surface area (Å²) in [6, 6.07) is 6.54. The van der Waals surface area contributed by atoms with E-state index in [4.69, 9.17) is 9.15 Å². The molecule has 0 saturated heterocycles. The van der Waals surface area contributed by atoms with Gasteiger partial charge in [0, 0.05) is 45.3 Å². The lowest BCUT2D eigenvalue weighted by Gasteiger charge is -2.26. The van der Waals surface area contributed by atoms with Gasteiger partial charge in [-0.15, -0.1) is 0 Å². The van der Waals surface area contributed by atoms with Gasteiger partial charge in [0.15, 0.2) is 0 Å². The Morgan fingerprint density at radius 1 is 1.36 bits per heavy atom. The van der Waals surface area contributed by atoms with Crippen molar-refractivity contribution in [1.29, 1.82) is 0 Å². The molecular weight excluding hydrogens is 323 g/mol. The van der Waals surface area contributed by atoms with E-state index in [1.54, 1.807) is 19.2 Å². The Bertz CT molecular complexity index is 740. The maximum Gasteiger partial charge on any atom is 0.255 e. The highest BCUT2D eigenvalue weighted by atomic mass is 19.1. The average molecular weight is 346 g/mol. The highest BCUT2D eigenvalue weighted by Gasteiger charge is 2.28. The molecule has 5 nitrogen and oxygen atoms in total. The molecule has 2 aromatic rings. The number of carbonyl (C=O) groups is 1. The van der Waals surface area contributed by atoms with Crippen LogP contribution in [0.3, 0.4) is 0 Å². The Morgan fingerprint density at radius 2 is 2.12 bits per heavy atom. The third-order valence-electron chi connectivity index (χ3n) is 4.44. The molecule has 2 heterocycles. The van der Waals surface area contributed by atoms with Crippen LogP contribution in [0.5, 0.6) is 0 Å². The molecule has 0 unspecified atom stereocenters. The maximum atomic E-state index is 13.1. The highest BCUT2D eigenvalue weighted by molar-refractivity contribution is 5.97. The van der Waals surface area contributed by atoms with Crippen molar-refractivity contribution in [2.75, 3.05) is 26.8 Å². The summed E-state index contributed by atoms with van der Waals surface area (Å²) in [6.45, 7) is 4.98. The number of halogens is 1. The molecular formula is C19H23FN2O3. The summed E-state index contributed by atoms with van der Waals surface area (Å²) in [4.78, 5) is 14.7. The second kappa shape index (κ2) is 7.80. The van der Waals surface area contributed by atoms with Crippen LogP contribution in [0.4, 0.5) is 4.39 Å². The molecule has 6 heteroatoms. The van der Waals surface area contributed by atoms with Crippen LogP contribution in [0.2, 0.25) is 0 Å². The van der Waals surface area contributed by atoms with Crippen LogP contribution in [0.15, 0.2) is 28.7 Å². The molecule has 0 radical (unpaired) electrons. The van der Waals surface area contributed by atoms with E-state index in [1.807, 2.05) is 6.92 Å². The minimum atomic E-state index is -0.231. The van der Waals surface area contributed by atoms with Crippen LogP contribution in [-0.2, 0) is 24.2 Å². The fourth-order valence-corrected chi connectivity index (χ4v) is 3.22. The number of hydrogen-bond donors (Lipinski definition) is 1. The van der Waals surface area contributed by atoms with Gasteiger partial charge in [-0.25, -0.2) is 4.39 Å².